The van der Waals surface area contributed by atoms with Gasteiger partial charge < -0.3 is 10.2 Å². The molecule has 0 radical (unpaired) electrons. The minimum absolute atomic E-state index is 0.0612. The summed E-state index contributed by atoms with van der Waals surface area (Å²) in [6, 6.07) is 21.8. The van der Waals surface area contributed by atoms with Crippen LogP contribution in [0.5, 0.6) is 0 Å². The molecule has 40 heavy (non-hydrogen) atoms. The molecule has 0 aliphatic carbocycles. The van der Waals surface area contributed by atoms with Gasteiger partial charge in [-0.25, -0.2) is 8.42 Å². The molecule has 0 aliphatic rings. The van der Waals surface area contributed by atoms with Crippen LogP contribution in [0.2, 0.25) is 5.02 Å². The van der Waals surface area contributed by atoms with Gasteiger partial charge in [-0.1, -0.05) is 86.0 Å². The van der Waals surface area contributed by atoms with E-state index in [9.17, 15) is 18.0 Å². The fourth-order valence-corrected chi connectivity index (χ4v) is 5.99. The molecule has 2 amide bonds. The molecule has 214 valence electrons. The molecule has 0 aromatic heterocycles. The van der Waals surface area contributed by atoms with Crippen LogP contribution in [0.3, 0.4) is 0 Å². The number of nitrogens with one attached hydrogen (secondary N) is 1. The maximum Gasteiger partial charge on any atom is 0.264 e. The van der Waals surface area contributed by atoms with Gasteiger partial charge in [0, 0.05) is 18.1 Å². The van der Waals surface area contributed by atoms with Crippen molar-refractivity contribution in [3.05, 3.63) is 95.0 Å². The third-order valence-electron chi connectivity index (χ3n) is 6.68. The fraction of sp³-hybridized carbons (Fsp3) is 0.355. The standard InChI is InChI=1S/C31H38ClN3O4S/c1-4-6-20-33-31(37)29(5-2)34(21-19-25-11-8-7-9-12-25)30(36)23-35(27-14-10-13-26(32)22-27)40(38,39)28-17-15-24(3)16-18-28/h7-18,22,29H,4-6,19-21,23H2,1-3H3,(H,33,37)/t29-/m0/s1. The molecule has 0 aliphatic heterocycles. The lowest BCUT2D eigenvalue weighted by Crippen LogP contribution is -2.53. The Balaban J connectivity index is 1.98. The number of hydrogen-bond acceptors (Lipinski definition) is 4. The van der Waals surface area contributed by atoms with Crippen molar-refractivity contribution in [1.82, 2.24) is 10.2 Å². The van der Waals surface area contributed by atoms with Crippen LogP contribution in [-0.2, 0) is 26.0 Å². The molecule has 0 spiro atoms. The Morgan fingerprint density at radius 2 is 1.65 bits per heavy atom. The van der Waals surface area contributed by atoms with Crippen LogP contribution in [0.15, 0.2) is 83.8 Å². The number of nitrogens with zero attached hydrogens (tertiary/aromatic N) is 2. The van der Waals surface area contributed by atoms with Gasteiger partial charge in [-0.05, 0) is 62.1 Å². The lowest BCUT2D eigenvalue weighted by molar-refractivity contribution is -0.139. The summed E-state index contributed by atoms with van der Waals surface area (Å²) in [4.78, 5) is 28.8. The number of aryl methyl sites for hydroxylation is 1. The molecule has 0 unspecified atom stereocenters. The van der Waals surface area contributed by atoms with Crippen molar-refractivity contribution in [3.63, 3.8) is 0 Å². The second-order valence-corrected chi connectivity index (χ2v) is 12.0. The molecule has 3 rings (SSSR count). The minimum atomic E-state index is -4.13. The van der Waals surface area contributed by atoms with Crippen LogP contribution >= 0.6 is 11.6 Å². The number of sulfonamides is 1. The summed E-state index contributed by atoms with van der Waals surface area (Å²) in [5.74, 6) is -0.711. The van der Waals surface area contributed by atoms with Crippen LogP contribution in [0.1, 0.15) is 44.2 Å². The molecular formula is C31H38ClN3O4S. The SMILES string of the molecule is CCCCNC(=O)[C@H](CC)N(CCc1ccccc1)C(=O)CN(c1cccc(Cl)c1)S(=O)(=O)c1ccc(C)cc1. The molecule has 0 bridgehead atoms. The topological polar surface area (TPSA) is 86.8 Å². The molecular weight excluding hydrogens is 546 g/mol. The molecule has 7 nitrogen and oxygen atoms in total. The number of rotatable bonds is 14. The van der Waals surface area contributed by atoms with E-state index >= 15 is 0 Å². The largest absolute Gasteiger partial charge is 0.354 e. The predicted octanol–water partition coefficient (Wildman–Crippen LogP) is 5.61. The Hall–Kier alpha value is -3.36. The van der Waals surface area contributed by atoms with Gasteiger partial charge in [-0.3, -0.25) is 13.9 Å². The van der Waals surface area contributed by atoms with E-state index in [1.807, 2.05) is 51.1 Å². The normalized spacial score (nSPS) is 12.0. The van der Waals surface area contributed by atoms with Gasteiger partial charge in [0.1, 0.15) is 12.6 Å². The molecule has 0 heterocycles. The summed E-state index contributed by atoms with van der Waals surface area (Å²) in [5, 5.41) is 3.28. The minimum Gasteiger partial charge on any atom is -0.354 e. The number of hydrogen-bond donors (Lipinski definition) is 1. The first-order chi connectivity index (χ1) is 19.2. The number of benzene rings is 3. The van der Waals surface area contributed by atoms with Crippen molar-refractivity contribution in [2.45, 2.75) is 57.4 Å². The molecule has 3 aromatic rings. The number of carbonyl (C=O) groups is 2. The fourth-order valence-electron chi connectivity index (χ4n) is 4.40. The van der Waals surface area contributed by atoms with Crippen LogP contribution in [0, 0.1) is 6.92 Å². The molecule has 0 fully saturated rings. The highest BCUT2D eigenvalue weighted by atomic mass is 35.5. The Bertz CT molecular complexity index is 1360. The smallest absolute Gasteiger partial charge is 0.264 e. The average molecular weight is 584 g/mol. The van der Waals surface area contributed by atoms with Crippen LogP contribution in [-0.4, -0.2) is 50.8 Å². The summed E-state index contributed by atoms with van der Waals surface area (Å²) in [6.45, 7) is 6.06. The first kappa shape index (κ1) is 31.2. The van der Waals surface area contributed by atoms with Crippen molar-refractivity contribution >= 4 is 39.1 Å². The number of amides is 2. The van der Waals surface area contributed by atoms with Gasteiger partial charge in [0.15, 0.2) is 0 Å². The van der Waals surface area contributed by atoms with Crippen molar-refractivity contribution < 1.29 is 18.0 Å². The van der Waals surface area contributed by atoms with E-state index in [0.717, 1.165) is 28.3 Å². The van der Waals surface area contributed by atoms with E-state index < -0.39 is 28.5 Å². The lowest BCUT2D eigenvalue weighted by atomic mass is 10.1. The van der Waals surface area contributed by atoms with Crippen LogP contribution in [0.4, 0.5) is 5.69 Å². The van der Waals surface area contributed by atoms with Crippen molar-refractivity contribution in [3.8, 4) is 0 Å². The molecule has 9 heteroatoms. The Morgan fingerprint density at radius 3 is 2.27 bits per heavy atom. The zero-order valence-electron chi connectivity index (χ0n) is 23.3. The summed E-state index contributed by atoms with van der Waals surface area (Å²) in [6.07, 6.45) is 2.67. The molecule has 0 saturated carbocycles. The lowest BCUT2D eigenvalue weighted by Gasteiger charge is -2.33. The highest BCUT2D eigenvalue weighted by Crippen LogP contribution is 2.27. The second kappa shape index (κ2) is 14.9. The zero-order chi connectivity index (χ0) is 29.1. The van der Waals surface area contributed by atoms with E-state index in [-0.39, 0.29) is 23.0 Å². The highest BCUT2D eigenvalue weighted by molar-refractivity contribution is 7.92. The summed E-state index contributed by atoms with van der Waals surface area (Å²) in [5.41, 5.74) is 2.20. The predicted molar refractivity (Wildman–Crippen MR) is 161 cm³/mol. The van der Waals surface area contributed by atoms with Crippen molar-refractivity contribution in [2.75, 3.05) is 23.9 Å². The molecule has 1 atom stereocenters. The number of halogens is 1. The van der Waals surface area contributed by atoms with E-state index in [1.54, 1.807) is 30.3 Å². The van der Waals surface area contributed by atoms with E-state index in [2.05, 4.69) is 5.32 Å². The highest BCUT2D eigenvalue weighted by Gasteiger charge is 2.33. The van der Waals surface area contributed by atoms with E-state index in [1.165, 1.54) is 23.1 Å². The molecule has 3 aromatic carbocycles. The van der Waals surface area contributed by atoms with Crippen LogP contribution < -0.4 is 9.62 Å². The van der Waals surface area contributed by atoms with Gasteiger partial charge in [-0.15, -0.1) is 0 Å². The van der Waals surface area contributed by atoms with E-state index in [4.69, 9.17) is 11.6 Å². The zero-order valence-corrected chi connectivity index (χ0v) is 24.9. The van der Waals surface area contributed by atoms with Gasteiger partial charge >= 0.3 is 0 Å². The van der Waals surface area contributed by atoms with Gasteiger partial charge in [0.05, 0.1) is 10.6 Å². The number of anilines is 1. The monoisotopic (exact) mass is 583 g/mol. The Labute approximate surface area is 243 Å². The van der Waals surface area contributed by atoms with Gasteiger partial charge in [-0.2, -0.15) is 0 Å². The average Bonchev–Trinajstić information content (AvgIpc) is 2.94. The summed E-state index contributed by atoms with van der Waals surface area (Å²) < 4.78 is 28.8. The Kier molecular flexibility index (Phi) is 11.6. The number of carbonyl (C=O) groups excluding carboxylic acids is 2. The van der Waals surface area contributed by atoms with Crippen LogP contribution in [0.25, 0.3) is 0 Å². The maximum atomic E-state index is 14.0. The Morgan fingerprint density at radius 1 is 0.950 bits per heavy atom. The second-order valence-electron chi connectivity index (χ2n) is 9.70. The first-order valence-corrected chi connectivity index (χ1v) is 15.4. The van der Waals surface area contributed by atoms with E-state index in [0.29, 0.717) is 24.4 Å². The number of unbranched alkanes of at least 4 members (excludes halogenated alkanes) is 1. The van der Waals surface area contributed by atoms with Crippen molar-refractivity contribution in [1.29, 1.82) is 0 Å². The third kappa shape index (κ3) is 8.32. The third-order valence-corrected chi connectivity index (χ3v) is 8.71. The summed E-state index contributed by atoms with van der Waals surface area (Å²) >= 11 is 6.23. The summed E-state index contributed by atoms with van der Waals surface area (Å²) in [7, 11) is -4.13. The molecule has 0 saturated heterocycles. The van der Waals surface area contributed by atoms with Gasteiger partial charge in [0.2, 0.25) is 11.8 Å². The molecule has 1 N–H and O–H groups in total. The van der Waals surface area contributed by atoms with Gasteiger partial charge in [0.25, 0.3) is 10.0 Å². The quantitative estimate of drug-likeness (QED) is 0.250. The first-order valence-electron chi connectivity index (χ1n) is 13.6. The van der Waals surface area contributed by atoms with Crippen molar-refractivity contribution in [2.24, 2.45) is 0 Å². The maximum absolute atomic E-state index is 14.0.